The molecule has 0 atom stereocenters. The molecule has 1 fully saturated rings. The standard InChI is InChI=1S/C15H19FN2O/c1-19-7-6-15(4-5-15)11-18-10-13-8-14(16)3-2-12(13)9-17/h2-3,8,18H,4-7,10-11H2,1H3. The Labute approximate surface area is 113 Å². The van der Waals surface area contributed by atoms with Crippen molar-refractivity contribution in [1.82, 2.24) is 5.32 Å². The van der Waals surface area contributed by atoms with E-state index in [1.807, 2.05) is 0 Å². The molecule has 1 aromatic rings. The Bertz CT molecular complexity index is 478. The summed E-state index contributed by atoms with van der Waals surface area (Å²) in [5.74, 6) is -0.295. The van der Waals surface area contributed by atoms with Crippen LogP contribution in [-0.4, -0.2) is 20.3 Å². The van der Waals surface area contributed by atoms with E-state index in [2.05, 4.69) is 11.4 Å². The molecule has 19 heavy (non-hydrogen) atoms. The fraction of sp³-hybridized carbons (Fsp3) is 0.533. The first-order valence-electron chi connectivity index (χ1n) is 6.57. The summed E-state index contributed by atoms with van der Waals surface area (Å²) in [4.78, 5) is 0. The van der Waals surface area contributed by atoms with E-state index < -0.39 is 0 Å². The van der Waals surface area contributed by atoms with Gasteiger partial charge in [-0.3, -0.25) is 0 Å². The number of hydrogen-bond donors (Lipinski definition) is 1. The highest BCUT2D eigenvalue weighted by Gasteiger charge is 2.41. The number of nitrogens with zero attached hydrogens (tertiary/aromatic N) is 1. The van der Waals surface area contributed by atoms with E-state index in [1.54, 1.807) is 7.11 Å². The third-order valence-electron chi connectivity index (χ3n) is 3.80. The third kappa shape index (κ3) is 3.76. The van der Waals surface area contributed by atoms with Crippen LogP contribution < -0.4 is 5.32 Å². The molecule has 1 aliphatic rings. The first kappa shape index (κ1) is 14.0. The van der Waals surface area contributed by atoms with Gasteiger partial charge in [0.25, 0.3) is 0 Å². The van der Waals surface area contributed by atoms with Crippen molar-refractivity contribution in [3.8, 4) is 6.07 Å². The maximum absolute atomic E-state index is 13.2. The normalized spacial score (nSPS) is 16.1. The van der Waals surface area contributed by atoms with Gasteiger partial charge in [0.15, 0.2) is 0 Å². The molecule has 0 spiro atoms. The van der Waals surface area contributed by atoms with Gasteiger partial charge in [0.1, 0.15) is 5.82 Å². The topological polar surface area (TPSA) is 45.0 Å². The highest BCUT2D eigenvalue weighted by atomic mass is 19.1. The lowest BCUT2D eigenvalue weighted by Crippen LogP contribution is -2.25. The van der Waals surface area contributed by atoms with E-state index in [1.165, 1.54) is 31.0 Å². The summed E-state index contributed by atoms with van der Waals surface area (Å²) in [7, 11) is 1.72. The Kier molecular flexibility index (Phi) is 4.52. The van der Waals surface area contributed by atoms with Crippen LogP contribution in [0, 0.1) is 22.6 Å². The fourth-order valence-electron chi connectivity index (χ4n) is 2.29. The van der Waals surface area contributed by atoms with E-state index in [4.69, 9.17) is 10.00 Å². The van der Waals surface area contributed by atoms with Gasteiger partial charge >= 0.3 is 0 Å². The first-order chi connectivity index (χ1) is 9.19. The molecule has 0 unspecified atom stereocenters. The second kappa shape index (κ2) is 6.14. The molecular formula is C15H19FN2O. The Morgan fingerprint density at radius 3 is 2.89 bits per heavy atom. The van der Waals surface area contributed by atoms with Crippen LogP contribution in [0.5, 0.6) is 0 Å². The van der Waals surface area contributed by atoms with Crippen LogP contribution in [0.15, 0.2) is 18.2 Å². The molecule has 0 aliphatic heterocycles. The minimum absolute atomic E-state index is 0.295. The number of benzene rings is 1. The van der Waals surface area contributed by atoms with Crippen molar-refractivity contribution in [3.63, 3.8) is 0 Å². The van der Waals surface area contributed by atoms with Gasteiger partial charge in [-0.2, -0.15) is 5.26 Å². The average molecular weight is 262 g/mol. The van der Waals surface area contributed by atoms with Gasteiger partial charge in [0.2, 0.25) is 0 Å². The number of hydrogen-bond acceptors (Lipinski definition) is 3. The smallest absolute Gasteiger partial charge is 0.123 e. The molecule has 0 saturated heterocycles. The lowest BCUT2D eigenvalue weighted by Gasteiger charge is -2.15. The number of ether oxygens (including phenoxy) is 1. The van der Waals surface area contributed by atoms with E-state index in [-0.39, 0.29) is 5.82 Å². The Hall–Kier alpha value is -1.44. The Morgan fingerprint density at radius 1 is 1.47 bits per heavy atom. The first-order valence-corrected chi connectivity index (χ1v) is 6.57. The van der Waals surface area contributed by atoms with Crippen molar-refractivity contribution in [1.29, 1.82) is 5.26 Å². The van der Waals surface area contributed by atoms with Crippen LogP contribution in [-0.2, 0) is 11.3 Å². The zero-order chi connectivity index (χ0) is 13.7. The molecular weight excluding hydrogens is 243 g/mol. The van der Waals surface area contributed by atoms with Gasteiger partial charge in [-0.05, 0) is 48.4 Å². The molecule has 4 heteroatoms. The number of nitrogens with one attached hydrogen (secondary N) is 1. The summed E-state index contributed by atoms with van der Waals surface area (Å²) >= 11 is 0. The van der Waals surface area contributed by atoms with Gasteiger partial charge in [0, 0.05) is 26.8 Å². The summed E-state index contributed by atoms with van der Waals surface area (Å²) in [6, 6.07) is 6.38. The quantitative estimate of drug-likeness (QED) is 0.821. The SMILES string of the molecule is COCCC1(CNCc2cc(F)ccc2C#N)CC1. The molecule has 3 nitrogen and oxygen atoms in total. The van der Waals surface area contributed by atoms with Gasteiger partial charge in [-0.1, -0.05) is 0 Å². The minimum Gasteiger partial charge on any atom is -0.385 e. The van der Waals surface area contributed by atoms with Gasteiger partial charge in [-0.15, -0.1) is 0 Å². The molecule has 0 bridgehead atoms. The fourth-order valence-corrected chi connectivity index (χ4v) is 2.29. The van der Waals surface area contributed by atoms with Crippen LogP contribution in [0.4, 0.5) is 4.39 Å². The van der Waals surface area contributed by atoms with Crippen LogP contribution >= 0.6 is 0 Å². The second-order valence-electron chi connectivity index (χ2n) is 5.26. The zero-order valence-corrected chi connectivity index (χ0v) is 11.2. The zero-order valence-electron chi connectivity index (χ0n) is 11.2. The molecule has 0 heterocycles. The number of halogens is 1. The van der Waals surface area contributed by atoms with E-state index in [9.17, 15) is 4.39 Å². The van der Waals surface area contributed by atoms with Crippen molar-refractivity contribution >= 4 is 0 Å². The van der Waals surface area contributed by atoms with Crippen molar-refractivity contribution in [2.24, 2.45) is 5.41 Å². The van der Waals surface area contributed by atoms with Crippen molar-refractivity contribution in [2.75, 3.05) is 20.3 Å². The summed E-state index contributed by atoms with van der Waals surface area (Å²) in [6.07, 6.45) is 3.50. The monoisotopic (exact) mass is 262 g/mol. The lowest BCUT2D eigenvalue weighted by molar-refractivity contribution is 0.171. The molecule has 0 radical (unpaired) electrons. The highest BCUT2D eigenvalue weighted by molar-refractivity contribution is 5.37. The predicted molar refractivity (Wildman–Crippen MR) is 71.0 cm³/mol. The molecule has 0 aromatic heterocycles. The maximum atomic E-state index is 13.2. The molecule has 1 aliphatic carbocycles. The average Bonchev–Trinajstić information content (AvgIpc) is 3.17. The summed E-state index contributed by atoms with van der Waals surface area (Å²) in [6.45, 7) is 2.22. The second-order valence-corrected chi connectivity index (χ2v) is 5.26. The molecule has 1 aromatic carbocycles. The van der Waals surface area contributed by atoms with Crippen LogP contribution in [0.3, 0.4) is 0 Å². The van der Waals surface area contributed by atoms with Gasteiger partial charge in [0.05, 0.1) is 11.6 Å². The van der Waals surface area contributed by atoms with E-state index >= 15 is 0 Å². The molecule has 1 saturated carbocycles. The van der Waals surface area contributed by atoms with Crippen LogP contribution in [0.1, 0.15) is 30.4 Å². The Morgan fingerprint density at radius 2 is 2.26 bits per heavy atom. The van der Waals surface area contributed by atoms with E-state index in [0.717, 1.165) is 25.1 Å². The van der Waals surface area contributed by atoms with Gasteiger partial charge < -0.3 is 10.1 Å². The predicted octanol–water partition coefficient (Wildman–Crippen LogP) is 2.60. The third-order valence-corrected chi connectivity index (χ3v) is 3.80. The minimum atomic E-state index is -0.295. The van der Waals surface area contributed by atoms with Gasteiger partial charge in [-0.25, -0.2) is 4.39 Å². The maximum Gasteiger partial charge on any atom is 0.123 e. The number of rotatable bonds is 7. The lowest BCUT2D eigenvalue weighted by atomic mass is 10.0. The summed E-state index contributed by atoms with van der Waals surface area (Å²) in [5.41, 5.74) is 1.62. The van der Waals surface area contributed by atoms with Crippen molar-refractivity contribution < 1.29 is 9.13 Å². The molecule has 2 rings (SSSR count). The molecule has 1 N–H and O–H groups in total. The molecule has 0 amide bonds. The number of nitriles is 1. The highest BCUT2D eigenvalue weighted by Crippen LogP contribution is 2.48. The van der Waals surface area contributed by atoms with E-state index in [0.29, 0.717) is 17.5 Å². The van der Waals surface area contributed by atoms with Crippen molar-refractivity contribution in [2.45, 2.75) is 25.8 Å². The van der Waals surface area contributed by atoms with Crippen molar-refractivity contribution in [3.05, 3.63) is 35.1 Å². The number of methoxy groups -OCH3 is 1. The molecule has 102 valence electrons. The largest absolute Gasteiger partial charge is 0.385 e. The van der Waals surface area contributed by atoms with Crippen LogP contribution in [0.25, 0.3) is 0 Å². The Balaban J connectivity index is 1.86. The van der Waals surface area contributed by atoms with Crippen LogP contribution in [0.2, 0.25) is 0 Å². The summed E-state index contributed by atoms with van der Waals surface area (Å²) in [5, 5.41) is 12.3. The summed E-state index contributed by atoms with van der Waals surface area (Å²) < 4.78 is 18.3.